The first-order valence-corrected chi connectivity index (χ1v) is 18.7. The molecule has 2 aromatic heterocycles. The van der Waals surface area contributed by atoms with Gasteiger partial charge >= 0.3 is 0 Å². The SMILES string of the molecule is COc1cccn(-c2ccc(CN3C(=O)[C@@]4(O[C@@H](CCn5cc(CCO)nn5)[C@H]([Si](C)(C)O)[C@H]4C)c4cc(Cl)ccc43)cc2)c1=O. The van der Waals surface area contributed by atoms with Crippen molar-refractivity contribution in [3.8, 4) is 11.4 Å². The van der Waals surface area contributed by atoms with Crippen molar-refractivity contribution < 1.29 is 24.2 Å². The molecule has 1 fully saturated rings. The number of ether oxygens (including phenoxy) is 2. The molecular weight excluding hydrogens is 626 g/mol. The Balaban J connectivity index is 1.31. The molecule has 2 N–H and O–H groups in total. The molecule has 13 heteroatoms. The summed E-state index contributed by atoms with van der Waals surface area (Å²) in [6.45, 7) is 6.53. The zero-order chi connectivity index (χ0) is 32.8. The standard InChI is InChI=1S/C33H38ClN5O6Si/c1-21-30(46(3,4)43)28(13-16-37-20-24(14-17-40)35-36-37)45-33(21)26-18-23(34)9-12-27(26)39(32(33)42)19-22-7-10-25(11-8-22)38-15-5-6-29(44-2)31(38)41/h5-12,15,18,20-21,28,30,40,43H,13-14,16-17,19H2,1-4H3/t21-,28+,30-,33+/m1/s1. The van der Waals surface area contributed by atoms with Crippen LogP contribution in [-0.4, -0.2) is 63.5 Å². The Kier molecular flexibility index (Phi) is 8.68. The van der Waals surface area contributed by atoms with Crippen LogP contribution in [0.4, 0.5) is 5.69 Å². The molecule has 6 rings (SSSR count). The third-order valence-corrected chi connectivity index (χ3v) is 12.0. The van der Waals surface area contributed by atoms with Gasteiger partial charge in [-0.15, -0.1) is 5.10 Å². The number of carbonyl (C=O) groups is 1. The zero-order valence-electron chi connectivity index (χ0n) is 26.3. The number of aromatic nitrogens is 4. The van der Waals surface area contributed by atoms with Gasteiger partial charge in [-0.1, -0.05) is 35.9 Å². The second-order valence-corrected chi connectivity index (χ2v) is 17.0. The Hall–Kier alpha value is -3.81. The molecule has 0 unspecified atom stereocenters. The van der Waals surface area contributed by atoms with Gasteiger partial charge in [0.05, 0.1) is 31.1 Å². The number of aliphatic hydroxyl groups excluding tert-OH is 1. The maximum absolute atomic E-state index is 14.7. The van der Waals surface area contributed by atoms with Crippen molar-refractivity contribution in [1.82, 2.24) is 19.6 Å². The van der Waals surface area contributed by atoms with Gasteiger partial charge < -0.3 is 24.3 Å². The predicted octanol–water partition coefficient (Wildman–Crippen LogP) is 4.06. The van der Waals surface area contributed by atoms with Crippen LogP contribution in [-0.2, 0) is 34.6 Å². The van der Waals surface area contributed by atoms with Crippen LogP contribution >= 0.6 is 11.6 Å². The Morgan fingerprint density at radius 3 is 2.59 bits per heavy atom. The molecule has 4 atom stereocenters. The molecule has 1 amide bonds. The number of carbonyl (C=O) groups excluding carboxylic acids is 1. The normalized spacial score (nSPS) is 22.5. The fourth-order valence-corrected chi connectivity index (χ4v) is 9.97. The highest BCUT2D eigenvalue weighted by atomic mass is 35.5. The molecule has 0 bridgehead atoms. The van der Waals surface area contributed by atoms with E-state index in [1.165, 1.54) is 11.7 Å². The van der Waals surface area contributed by atoms with Gasteiger partial charge in [-0.05, 0) is 67.5 Å². The van der Waals surface area contributed by atoms with E-state index in [1.807, 2.05) is 56.4 Å². The quantitative estimate of drug-likeness (QED) is 0.243. The molecule has 0 saturated carbocycles. The van der Waals surface area contributed by atoms with Crippen LogP contribution in [0.2, 0.25) is 23.7 Å². The third-order valence-electron chi connectivity index (χ3n) is 9.23. The number of nitrogens with zero attached hydrogens (tertiary/aromatic N) is 5. The van der Waals surface area contributed by atoms with Crippen molar-refractivity contribution in [1.29, 1.82) is 0 Å². The third kappa shape index (κ3) is 5.58. The van der Waals surface area contributed by atoms with Crippen molar-refractivity contribution in [3.63, 3.8) is 0 Å². The van der Waals surface area contributed by atoms with E-state index in [0.29, 0.717) is 41.4 Å². The number of fused-ring (bicyclic) bond motifs is 2. The van der Waals surface area contributed by atoms with Crippen molar-refractivity contribution >= 4 is 31.5 Å². The lowest BCUT2D eigenvalue weighted by molar-refractivity contribution is -0.146. The van der Waals surface area contributed by atoms with E-state index in [9.17, 15) is 19.5 Å². The van der Waals surface area contributed by atoms with E-state index in [-0.39, 0.29) is 41.8 Å². The first-order valence-electron chi connectivity index (χ1n) is 15.3. The molecule has 4 heterocycles. The summed E-state index contributed by atoms with van der Waals surface area (Å²) < 4.78 is 15.3. The molecule has 242 valence electrons. The van der Waals surface area contributed by atoms with Crippen LogP contribution in [0, 0.1) is 5.92 Å². The fraction of sp³-hybridized carbons (Fsp3) is 0.394. The van der Waals surface area contributed by atoms with E-state index in [4.69, 9.17) is 21.1 Å². The van der Waals surface area contributed by atoms with Crippen LogP contribution in [0.1, 0.15) is 30.2 Å². The van der Waals surface area contributed by atoms with Gasteiger partial charge in [0.25, 0.3) is 11.5 Å². The molecule has 2 aromatic carbocycles. The lowest BCUT2D eigenvalue weighted by Crippen LogP contribution is -2.46. The van der Waals surface area contributed by atoms with Crippen molar-refractivity contribution in [2.75, 3.05) is 18.6 Å². The van der Waals surface area contributed by atoms with Gasteiger partial charge in [0.15, 0.2) is 19.7 Å². The molecule has 46 heavy (non-hydrogen) atoms. The lowest BCUT2D eigenvalue weighted by Gasteiger charge is -2.32. The Morgan fingerprint density at radius 2 is 1.89 bits per heavy atom. The Labute approximate surface area is 273 Å². The summed E-state index contributed by atoms with van der Waals surface area (Å²) in [5.74, 6) is -0.275. The number of rotatable bonds is 10. The number of amides is 1. The van der Waals surface area contributed by atoms with Gasteiger partial charge in [0, 0.05) is 59.7 Å². The average Bonchev–Trinajstić information content (AvgIpc) is 3.66. The predicted molar refractivity (Wildman–Crippen MR) is 176 cm³/mol. The molecule has 11 nitrogen and oxygen atoms in total. The summed E-state index contributed by atoms with van der Waals surface area (Å²) in [6, 6.07) is 16.3. The Bertz CT molecular complexity index is 1810. The first kappa shape index (κ1) is 32.1. The molecule has 0 radical (unpaired) electrons. The van der Waals surface area contributed by atoms with E-state index < -0.39 is 20.0 Å². The van der Waals surface area contributed by atoms with Gasteiger partial charge in [0.1, 0.15) is 0 Å². The van der Waals surface area contributed by atoms with Crippen molar-refractivity contribution in [2.24, 2.45) is 5.92 Å². The van der Waals surface area contributed by atoms with Crippen molar-refractivity contribution in [2.45, 2.75) is 63.2 Å². The second kappa shape index (κ2) is 12.4. The van der Waals surface area contributed by atoms with Crippen LogP contribution in [0.15, 0.2) is 71.8 Å². The number of benzene rings is 2. The van der Waals surface area contributed by atoms with Gasteiger partial charge in [-0.2, -0.15) is 0 Å². The smallest absolute Gasteiger partial charge is 0.297 e. The van der Waals surface area contributed by atoms with E-state index >= 15 is 0 Å². The van der Waals surface area contributed by atoms with Crippen LogP contribution < -0.4 is 15.2 Å². The maximum Gasteiger partial charge on any atom is 0.297 e. The maximum atomic E-state index is 14.7. The lowest BCUT2D eigenvalue weighted by atomic mass is 9.82. The second-order valence-electron chi connectivity index (χ2n) is 12.6. The number of methoxy groups -OCH3 is 1. The summed E-state index contributed by atoms with van der Waals surface area (Å²) in [6.07, 6.45) is 4.01. The minimum atomic E-state index is -2.84. The minimum Gasteiger partial charge on any atom is -0.491 e. The molecule has 0 aliphatic carbocycles. The topological polar surface area (TPSA) is 132 Å². The molecule has 1 spiro atoms. The van der Waals surface area contributed by atoms with Crippen molar-refractivity contribution in [3.05, 3.63) is 99.2 Å². The van der Waals surface area contributed by atoms with Gasteiger partial charge in [-0.3, -0.25) is 18.8 Å². The number of halogens is 1. The summed E-state index contributed by atoms with van der Waals surface area (Å²) in [5, 5.41) is 18.0. The molecule has 4 aromatic rings. The number of anilines is 1. The van der Waals surface area contributed by atoms with Crippen LogP contribution in [0.25, 0.3) is 5.69 Å². The highest BCUT2D eigenvalue weighted by molar-refractivity contribution is 6.71. The van der Waals surface area contributed by atoms with E-state index in [2.05, 4.69) is 10.3 Å². The zero-order valence-corrected chi connectivity index (χ0v) is 28.0. The largest absolute Gasteiger partial charge is 0.491 e. The summed E-state index contributed by atoms with van der Waals surface area (Å²) >= 11 is 6.53. The molecule has 1 saturated heterocycles. The molecule has 2 aliphatic rings. The number of hydrogen-bond donors (Lipinski definition) is 2. The summed E-state index contributed by atoms with van der Waals surface area (Å²) in [5.41, 5.74) is 1.83. The fourth-order valence-electron chi connectivity index (χ4n) is 7.19. The van der Waals surface area contributed by atoms with E-state index in [0.717, 1.165) is 11.3 Å². The number of hydrogen-bond acceptors (Lipinski definition) is 8. The Morgan fingerprint density at radius 1 is 1.13 bits per heavy atom. The summed E-state index contributed by atoms with van der Waals surface area (Å²) in [7, 11) is -1.38. The van der Waals surface area contributed by atoms with Crippen LogP contribution in [0.3, 0.4) is 0 Å². The van der Waals surface area contributed by atoms with Gasteiger partial charge in [0.2, 0.25) is 0 Å². The molecular formula is C33H38ClN5O6Si. The highest BCUT2D eigenvalue weighted by Crippen LogP contribution is 2.60. The number of aliphatic hydroxyl groups is 1. The monoisotopic (exact) mass is 663 g/mol. The molecule has 2 aliphatic heterocycles. The number of aryl methyl sites for hydroxylation is 1. The highest BCUT2D eigenvalue weighted by Gasteiger charge is 2.66. The van der Waals surface area contributed by atoms with Gasteiger partial charge in [-0.25, -0.2) is 0 Å². The van der Waals surface area contributed by atoms with E-state index in [1.54, 1.807) is 40.2 Å². The average molecular weight is 664 g/mol. The first-order chi connectivity index (χ1) is 22.0. The number of pyridine rings is 1. The minimum absolute atomic E-state index is 0.0101. The van der Waals surface area contributed by atoms with Crippen LogP contribution in [0.5, 0.6) is 5.75 Å². The summed E-state index contributed by atoms with van der Waals surface area (Å²) in [4.78, 5) is 40.7.